The van der Waals surface area contributed by atoms with E-state index in [0.717, 1.165) is 11.7 Å². The Morgan fingerprint density at radius 1 is 1.43 bits per heavy atom. The summed E-state index contributed by atoms with van der Waals surface area (Å²) >= 11 is 7.14. The van der Waals surface area contributed by atoms with Gasteiger partial charge in [-0.25, -0.2) is 4.79 Å². The fraction of sp³-hybridized carbons (Fsp3) is 0.333. The molecular weight excluding hydrogens is 316 g/mol. The molecule has 0 radical (unpaired) electrons. The molecule has 3 rings (SSSR count). The Labute approximate surface area is 128 Å². The molecule has 0 unspecified atom stereocenters. The first-order chi connectivity index (χ1) is 10.0. The molecule has 21 heavy (non-hydrogen) atoms. The molecule has 1 aliphatic rings. The number of carbonyl (C=O) groups is 2. The molecule has 0 aliphatic carbocycles. The minimum absolute atomic E-state index is 0.0143. The molecule has 2 amide bonds. The van der Waals surface area contributed by atoms with E-state index < -0.39 is 5.97 Å². The summed E-state index contributed by atoms with van der Waals surface area (Å²) in [6, 6.07) is 3.09. The molecule has 1 fully saturated rings. The number of likely N-dealkylation sites (tertiary alicyclic amines) is 1. The molecule has 7 nitrogen and oxygen atoms in total. The first kappa shape index (κ1) is 14.0. The highest BCUT2D eigenvalue weighted by Gasteiger charge is 2.32. The monoisotopic (exact) mass is 326 g/mol. The second-order valence-electron chi connectivity index (χ2n) is 4.85. The van der Waals surface area contributed by atoms with E-state index in [4.69, 9.17) is 16.7 Å². The van der Waals surface area contributed by atoms with Crippen molar-refractivity contribution in [3.05, 3.63) is 17.2 Å². The van der Waals surface area contributed by atoms with Gasteiger partial charge >= 0.3 is 12.0 Å². The van der Waals surface area contributed by atoms with Gasteiger partial charge < -0.3 is 15.3 Å². The van der Waals surface area contributed by atoms with Crippen LogP contribution >= 0.6 is 23.3 Å². The molecule has 1 aromatic heterocycles. The van der Waals surface area contributed by atoms with Gasteiger partial charge in [-0.2, -0.15) is 8.75 Å². The quantitative estimate of drug-likeness (QED) is 0.902. The van der Waals surface area contributed by atoms with Gasteiger partial charge in [-0.3, -0.25) is 4.79 Å². The number of fused-ring (bicyclic) bond motifs is 1. The van der Waals surface area contributed by atoms with E-state index >= 15 is 0 Å². The van der Waals surface area contributed by atoms with Gasteiger partial charge in [0, 0.05) is 19.0 Å². The smallest absolute Gasteiger partial charge is 0.321 e. The van der Waals surface area contributed by atoms with Crippen LogP contribution in [-0.4, -0.2) is 43.8 Å². The number of halogens is 1. The van der Waals surface area contributed by atoms with E-state index in [2.05, 4.69) is 14.1 Å². The van der Waals surface area contributed by atoms with Gasteiger partial charge in [0.1, 0.15) is 11.0 Å². The number of benzene rings is 1. The van der Waals surface area contributed by atoms with E-state index in [1.54, 1.807) is 17.0 Å². The minimum atomic E-state index is -0.846. The Morgan fingerprint density at radius 3 is 2.90 bits per heavy atom. The van der Waals surface area contributed by atoms with Crippen LogP contribution in [-0.2, 0) is 4.79 Å². The first-order valence-electron chi connectivity index (χ1n) is 6.23. The van der Waals surface area contributed by atoms with Crippen molar-refractivity contribution < 1.29 is 14.7 Å². The Kier molecular flexibility index (Phi) is 3.64. The Balaban J connectivity index is 1.69. The van der Waals surface area contributed by atoms with E-state index in [-0.39, 0.29) is 18.4 Å². The van der Waals surface area contributed by atoms with Gasteiger partial charge in [0.25, 0.3) is 0 Å². The Bertz CT molecular complexity index is 714. The number of amides is 2. The molecule has 1 aliphatic heterocycles. The zero-order chi connectivity index (χ0) is 15.0. The number of urea groups is 1. The van der Waals surface area contributed by atoms with Crippen molar-refractivity contribution in [3.63, 3.8) is 0 Å². The number of rotatable bonds is 3. The molecule has 2 heterocycles. The molecule has 2 aromatic rings. The number of carboxylic acid groups (broad SMARTS) is 1. The second-order valence-corrected chi connectivity index (χ2v) is 5.79. The molecular formula is C12H11ClN4O3S. The van der Waals surface area contributed by atoms with Crippen LogP contribution in [0.1, 0.15) is 6.42 Å². The van der Waals surface area contributed by atoms with Gasteiger partial charge in [0.15, 0.2) is 0 Å². The lowest BCUT2D eigenvalue weighted by molar-refractivity contribution is -0.139. The SMILES string of the molecule is O=C(O)CC1CN(C(=O)Nc2c(Cl)ccc3nsnc23)C1. The average molecular weight is 327 g/mol. The highest BCUT2D eigenvalue weighted by molar-refractivity contribution is 7.00. The number of aromatic nitrogens is 2. The zero-order valence-electron chi connectivity index (χ0n) is 10.7. The minimum Gasteiger partial charge on any atom is -0.481 e. The Hall–Kier alpha value is -1.93. The van der Waals surface area contributed by atoms with Crippen LogP contribution in [0.15, 0.2) is 12.1 Å². The van der Waals surface area contributed by atoms with Crippen LogP contribution in [0.2, 0.25) is 5.02 Å². The summed E-state index contributed by atoms with van der Waals surface area (Å²) in [7, 11) is 0. The predicted octanol–water partition coefficient (Wildman–Crippen LogP) is 2.28. The number of nitrogens with one attached hydrogen (secondary N) is 1. The van der Waals surface area contributed by atoms with Crippen LogP contribution in [0.3, 0.4) is 0 Å². The molecule has 0 spiro atoms. The summed E-state index contributed by atoms with van der Waals surface area (Å²) < 4.78 is 8.22. The van der Waals surface area contributed by atoms with Crippen LogP contribution in [0.4, 0.5) is 10.5 Å². The summed E-state index contributed by atoms with van der Waals surface area (Å²) in [6.45, 7) is 0.863. The molecule has 0 atom stereocenters. The first-order valence-corrected chi connectivity index (χ1v) is 7.34. The number of anilines is 1. The maximum absolute atomic E-state index is 12.1. The normalized spacial score (nSPS) is 15.0. The summed E-state index contributed by atoms with van der Waals surface area (Å²) in [6.07, 6.45) is 0.0795. The van der Waals surface area contributed by atoms with Crippen molar-refractivity contribution in [1.82, 2.24) is 13.6 Å². The van der Waals surface area contributed by atoms with Gasteiger partial charge in [-0.1, -0.05) is 11.6 Å². The highest BCUT2D eigenvalue weighted by Crippen LogP contribution is 2.31. The van der Waals surface area contributed by atoms with Gasteiger partial charge in [0.2, 0.25) is 0 Å². The van der Waals surface area contributed by atoms with Crippen molar-refractivity contribution in [2.24, 2.45) is 5.92 Å². The molecule has 2 N–H and O–H groups in total. The molecule has 0 bridgehead atoms. The molecule has 9 heteroatoms. The number of carbonyl (C=O) groups excluding carboxylic acids is 1. The fourth-order valence-corrected chi connectivity index (χ4v) is 2.99. The summed E-state index contributed by atoms with van der Waals surface area (Å²) in [5.74, 6) is -0.832. The van der Waals surface area contributed by atoms with Crippen molar-refractivity contribution >= 4 is 52.1 Å². The van der Waals surface area contributed by atoms with E-state index in [9.17, 15) is 9.59 Å². The van der Waals surface area contributed by atoms with Crippen LogP contribution < -0.4 is 5.32 Å². The molecule has 110 valence electrons. The lowest BCUT2D eigenvalue weighted by atomic mass is 9.97. The maximum atomic E-state index is 12.1. The summed E-state index contributed by atoms with van der Waals surface area (Å²) in [4.78, 5) is 24.2. The largest absolute Gasteiger partial charge is 0.481 e. The number of aliphatic carboxylic acids is 1. The average Bonchev–Trinajstić information content (AvgIpc) is 2.84. The third-order valence-corrected chi connectivity index (χ3v) is 4.17. The standard InChI is InChI=1S/C12H11ClN4O3S/c13-7-1-2-8-11(16-21-15-8)10(7)14-12(20)17-4-6(5-17)3-9(18)19/h1-2,6H,3-5H2,(H,14,20)(H,18,19). The Morgan fingerprint density at radius 2 is 2.19 bits per heavy atom. The van der Waals surface area contributed by atoms with Crippen LogP contribution in [0.5, 0.6) is 0 Å². The van der Waals surface area contributed by atoms with Crippen molar-refractivity contribution in [3.8, 4) is 0 Å². The third kappa shape index (κ3) is 2.77. The number of nitrogens with zero attached hydrogens (tertiary/aromatic N) is 3. The molecule has 1 aromatic carbocycles. The molecule has 1 saturated heterocycles. The zero-order valence-corrected chi connectivity index (χ0v) is 12.3. The number of hydrogen-bond donors (Lipinski definition) is 2. The van der Waals surface area contributed by atoms with Gasteiger partial charge in [-0.15, -0.1) is 0 Å². The second kappa shape index (κ2) is 5.45. The van der Waals surface area contributed by atoms with E-state index in [1.807, 2.05) is 0 Å². The van der Waals surface area contributed by atoms with Crippen LogP contribution in [0, 0.1) is 5.92 Å². The highest BCUT2D eigenvalue weighted by atomic mass is 35.5. The van der Waals surface area contributed by atoms with Gasteiger partial charge in [-0.05, 0) is 12.1 Å². The lowest BCUT2D eigenvalue weighted by Gasteiger charge is -2.38. The van der Waals surface area contributed by atoms with Gasteiger partial charge in [0.05, 0.1) is 28.9 Å². The third-order valence-electron chi connectivity index (χ3n) is 3.32. The lowest BCUT2D eigenvalue weighted by Crippen LogP contribution is -2.52. The van der Waals surface area contributed by atoms with E-state index in [0.29, 0.717) is 34.8 Å². The maximum Gasteiger partial charge on any atom is 0.321 e. The summed E-state index contributed by atoms with van der Waals surface area (Å²) in [5.41, 5.74) is 1.67. The van der Waals surface area contributed by atoms with Crippen LogP contribution in [0.25, 0.3) is 11.0 Å². The van der Waals surface area contributed by atoms with E-state index in [1.165, 1.54) is 0 Å². The van der Waals surface area contributed by atoms with Crippen molar-refractivity contribution in [2.75, 3.05) is 18.4 Å². The van der Waals surface area contributed by atoms with Crippen molar-refractivity contribution in [2.45, 2.75) is 6.42 Å². The summed E-state index contributed by atoms with van der Waals surface area (Å²) in [5, 5.41) is 11.8. The van der Waals surface area contributed by atoms with Crippen molar-refractivity contribution in [1.29, 1.82) is 0 Å². The fourth-order valence-electron chi connectivity index (χ4n) is 2.24. The predicted molar refractivity (Wildman–Crippen MR) is 78.8 cm³/mol. The number of hydrogen-bond acceptors (Lipinski definition) is 5. The number of carboxylic acids is 1. The topological polar surface area (TPSA) is 95.4 Å². The molecule has 0 saturated carbocycles.